The summed E-state index contributed by atoms with van der Waals surface area (Å²) in [5.74, 6) is 1.10. The van der Waals surface area contributed by atoms with Crippen molar-refractivity contribution in [2.75, 3.05) is 19.5 Å². The van der Waals surface area contributed by atoms with E-state index in [4.69, 9.17) is 37.4 Å². The SMILES string of the molecule is COc1ccc(CNS(=O)(=O)c2cc(NC(=O)Cc3ccc(Cl)cc3)ccc2Oc2cccc(Cl)c2)c(OC)c1. The summed E-state index contributed by atoms with van der Waals surface area (Å²) < 4.78 is 46.2. The highest BCUT2D eigenvalue weighted by molar-refractivity contribution is 7.89. The van der Waals surface area contributed by atoms with Gasteiger partial charge in [0.25, 0.3) is 0 Å². The number of methoxy groups -OCH3 is 2. The Morgan fingerprint density at radius 1 is 0.800 bits per heavy atom. The molecule has 0 aromatic heterocycles. The molecule has 11 heteroatoms. The average molecular weight is 602 g/mol. The largest absolute Gasteiger partial charge is 0.497 e. The summed E-state index contributed by atoms with van der Waals surface area (Å²) in [4.78, 5) is 12.5. The van der Waals surface area contributed by atoms with Crippen LogP contribution in [-0.2, 0) is 27.8 Å². The number of rotatable bonds is 11. The Balaban J connectivity index is 1.61. The summed E-state index contributed by atoms with van der Waals surface area (Å²) in [5.41, 5.74) is 1.63. The predicted molar refractivity (Wildman–Crippen MR) is 155 cm³/mol. The van der Waals surface area contributed by atoms with Crippen LogP contribution >= 0.6 is 23.2 Å². The monoisotopic (exact) mass is 600 g/mol. The van der Waals surface area contributed by atoms with Gasteiger partial charge in [-0.1, -0.05) is 47.5 Å². The Bertz CT molecular complexity index is 1610. The highest BCUT2D eigenvalue weighted by atomic mass is 35.5. The quantitative estimate of drug-likeness (QED) is 0.205. The van der Waals surface area contributed by atoms with E-state index in [0.29, 0.717) is 32.9 Å². The van der Waals surface area contributed by atoms with Crippen LogP contribution in [0, 0.1) is 0 Å². The van der Waals surface area contributed by atoms with Crippen LogP contribution in [0.1, 0.15) is 11.1 Å². The lowest BCUT2D eigenvalue weighted by molar-refractivity contribution is -0.115. The number of hydrogen-bond acceptors (Lipinski definition) is 6. The summed E-state index contributed by atoms with van der Waals surface area (Å²) in [6, 6.07) is 22.9. The lowest BCUT2D eigenvalue weighted by atomic mass is 10.1. The molecule has 40 heavy (non-hydrogen) atoms. The van der Waals surface area contributed by atoms with Gasteiger partial charge >= 0.3 is 0 Å². The Hall–Kier alpha value is -3.76. The fraction of sp³-hybridized carbons (Fsp3) is 0.138. The van der Waals surface area contributed by atoms with Gasteiger partial charge in [0, 0.05) is 33.9 Å². The first-order chi connectivity index (χ1) is 19.2. The minimum absolute atomic E-state index is 0.0483. The fourth-order valence-electron chi connectivity index (χ4n) is 3.78. The van der Waals surface area contributed by atoms with Gasteiger partial charge in [-0.3, -0.25) is 4.79 Å². The molecule has 1 amide bonds. The molecule has 8 nitrogen and oxygen atoms in total. The lowest BCUT2D eigenvalue weighted by Crippen LogP contribution is -2.24. The molecule has 4 aromatic rings. The summed E-state index contributed by atoms with van der Waals surface area (Å²) in [6.07, 6.45) is 0.0789. The second kappa shape index (κ2) is 13.1. The van der Waals surface area contributed by atoms with E-state index < -0.39 is 10.0 Å². The number of amides is 1. The molecule has 0 heterocycles. The summed E-state index contributed by atoms with van der Waals surface area (Å²) >= 11 is 12.0. The number of hydrogen-bond donors (Lipinski definition) is 2. The highest BCUT2D eigenvalue weighted by Crippen LogP contribution is 2.33. The molecule has 0 saturated heterocycles. The van der Waals surface area contributed by atoms with Gasteiger partial charge in [0.05, 0.1) is 20.6 Å². The van der Waals surface area contributed by atoms with Gasteiger partial charge in [-0.25, -0.2) is 13.1 Å². The van der Waals surface area contributed by atoms with Gasteiger partial charge in [0.15, 0.2) is 0 Å². The van der Waals surface area contributed by atoms with Crippen LogP contribution in [0.4, 0.5) is 5.69 Å². The molecular formula is C29H26Cl2N2O6S. The minimum atomic E-state index is -4.14. The third kappa shape index (κ3) is 7.67. The third-order valence-corrected chi connectivity index (χ3v) is 7.68. The average Bonchev–Trinajstić information content (AvgIpc) is 2.94. The van der Waals surface area contributed by atoms with Gasteiger partial charge in [0.2, 0.25) is 15.9 Å². The maximum Gasteiger partial charge on any atom is 0.244 e. The zero-order valence-corrected chi connectivity index (χ0v) is 23.9. The smallest absolute Gasteiger partial charge is 0.244 e. The summed E-state index contributed by atoms with van der Waals surface area (Å²) in [6.45, 7) is -0.0702. The van der Waals surface area contributed by atoms with E-state index in [2.05, 4.69) is 10.0 Å². The Morgan fingerprint density at radius 3 is 2.27 bits per heavy atom. The number of benzene rings is 4. The van der Waals surface area contributed by atoms with Gasteiger partial charge in [0.1, 0.15) is 27.9 Å². The second-order valence-corrected chi connectivity index (χ2v) is 11.2. The normalized spacial score (nSPS) is 11.1. The molecule has 0 aliphatic carbocycles. The van der Waals surface area contributed by atoms with Crippen molar-refractivity contribution in [1.82, 2.24) is 4.72 Å². The first-order valence-corrected chi connectivity index (χ1v) is 14.2. The molecule has 0 saturated carbocycles. The summed E-state index contributed by atoms with van der Waals surface area (Å²) in [5, 5.41) is 3.74. The molecule has 0 aliphatic heterocycles. The highest BCUT2D eigenvalue weighted by Gasteiger charge is 2.22. The molecule has 0 radical (unpaired) electrons. The Kier molecular flexibility index (Phi) is 9.54. The van der Waals surface area contributed by atoms with Gasteiger partial charge in [-0.05, 0) is 60.2 Å². The molecule has 0 fully saturated rings. The van der Waals surface area contributed by atoms with Crippen molar-refractivity contribution in [3.05, 3.63) is 106 Å². The predicted octanol–water partition coefficient (Wildman–Crippen LogP) is 6.46. The summed E-state index contributed by atoms with van der Waals surface area (Å²) in [7, 11) is -1.13. The van der Waals surface area contributed by atoms with Crippen molar-refractivity contribution in [2.24, 2.45) is 0 Å². The molecule has 2 N–H and O–H groups in total. The van der Waals surface area contributed by atoms with Crippen LogP contribution in [0.15, 0.2) is 89.8 Å². The molecule has 0 bridgehead atoms. The lowest BCUT2D eigenvalue weighted by Gasteiger charge is -2.16. The van der Waals surface area contributed by atoms with E-state index >= 15 is 0 Å². The van der Waals surface area contributed by atoms with E-state index in [0.717, 1.165) is 5.56 Å². The number of halogens is 2. The van der Waals surface area contributed by atoms with Crippen molar-refractivity contribution in [3.8, 4) is 23.0 Å². The molecular weight excluding hydrogens is 575 g/mol. The van der Waals surface area contributed by atoms with Crippen LogP contribution in [0.3, 0.4) is 0 Å². The van der Waals surface area contributed by atoms with Crippen LogP contribution in [0.5, 0.6) is 23.0 Å². The first kappa shape index (κ1) is 29.2. The first-order valence-electron chi connectivity index (χ1n) is 12.0. The zero-order valence-electron chi connectivity index (χ0n) is 21.6. The molecule has 0 aliphatic rings. The number of anilines is 1. The van der Waals surface area contributed by atoms with Crippen molar-refractivity contribution in [1.29, 1.82) is 0 Å². The maximum absolute atomic E-state index is 13.6. The van der Waals surface area contributed by atoms with Crippen molar-refractivity contribution in [2.45, 2.75) is 17.9 Å². The van der Waals surface area contributed by atoms with Crippen molar-refractivity contribution in [3.63, 3.8) is 0 Å². The molecule has 0 spiro atoms. The fourth-order valence-corrected chi connectivity index (χ4v) is 5.24. The van der Waals surface area contributed by atoms with Crippen LogP contribution in [-0.4, -0.2) is 28.5 Å². The van der Waals surface area contributed by atoms with Gasteiger partial charge in [-0.2, -0.15) is 0 Å². The number of carbonyl (C=O) groups is 1. The molecule has 0 atom stereocenters. The van der Waals surface area contributed by atoms with E-state index in [1.165, 1.54) is 26.4 Å². The second-order valence-electron chi connectivity index (χ2n) is 8.57. The van der Waals surface area contributed by atoms with Crippen LogP contribution < -0.4 is 24.2 Å². The number of sulfonamides is 1. The Morgan fingerprint density at radius 2 is 1.57 bits per heavy atom. The number of carbonyl (C=O) groups excluding carboxylic acids is 1. The number of nitrogens with one attached hydrogen (secondary N) is 2. The molecule has 208 valence electrons. The molecule has 0 unspecified atom stereocenters. The van der Waals surface area contributed by atoms with Crippen LogP contribution in [0.2, 0.25) is 10.0 Å². The van der Waals surface area contributed by atoms with E-state index in [-0.39, 0.29) is 35.2 Å². The maximum atomic E-state index is 13.6. The number of ether oxygens (including phenoxy) is 3. The minimum Gasteiger partial charge on any atom is -0.497 e. The van der Waals surface area contributed by atoms with Crippen molar-refractivity contribution >= 4 is 44.8 Å². The van der Waals surface area contributed by atoms with E-state index in [9.17, 15) is 13.2 Å². The third-order valence-electron chi connectivity index (χ3n) is 5.77. The van der Waals surface area contributed by atoms with Crippen molar-refractivity contribution < 1.29 is 27.4 Å². The van der Waals surface area contributed by atoms with Crippen LogP contribution in [0.25, 0.3) is 0 Å². The van der Waals surface area contributed by atoms with E-state index in [1.807, 2.05) is 0 Å². The van der Waals surface area contributed by atoms with E-state index in [1.54, 1.807) is 72.8 Å². The Labute approximate surface area is 242 Å². The standard InChI is InChI=1S/C29H26Cl2N2O6S/c1-37-24-12-8-20(27(17-24)38-2)18-32-40(35,36)28-16-23(33-29(34)14-19-6-9-21(30)10-7-19)11-13-26(28)39-25-5-3-4-22(31)15-25/h3-13,15-17,32H,14,18H2,1-2H3,(H,33,34). The van der Waals surface area contributed by atoms with Gasteiger partial charge in [-0.15, -0.1) is 0 Å². The molecule has 4 rings (SSSR count). The topological polar surface area (TPSA) is 103 Å². The molecule has 4 aromatic carbocycles. The van der Waals surface area contributed by atoms with Gasteiger partial charge < -0.3 is 19.5 Å². The zero-order chi connectivity index (χ0) is 28.7.